The number of ketones is 1. The van der Waals surface area contributed by atoms with Gasteiger partial charge in [0.25, 0.3) is 0 Å². The van der Waals surface area contributed by atoms with Gasteiger partial charge in [-0.1, -0.05) is 38.1 Å². The van der Waals surface area contributed by atoms with Crippen molar-refractivity contribution in [2.24, 2.45) is 5.92 Å². The molecule has 1 aromatic carbocycles. The maximum Gasteiger partial charge on any atom is 0.133 e. The van der Waals surface area contributed by atoms with Crippen LogP contribution in [0.5, 0.6) is 0 Å². The van der Waals surface area contributed by atoms with Gasteiger partial charge < -0.3 is 0 Å². The number of hydrogen-bond donors (Lipinski definition) is 0. The Bertz CT molecular complexity index is 381. The molecular formula is C14H18O. The summed E-state index contributed by atoms with van der Waals surface area (Å²) in [6, 6.07) is 8.54. The molecule has 3 atom stereocenters. The van der Waals surface area contributed by atoms with E-state index in [1.165, 1.54) is 11.1 Å². The van der Waals surface area contributed by atoms with Crippen molar-refractivity contribution < 1.29 is 4.79 Å². The van der Waals surface area contributed by atoms with Crippen LogP contribution < -0.4 is 0 Å². The number of Topliss-reactive ketones (excluding diaryl/α,β-unsaturated/α-hetero) is 1. The lowest BCUT2D eigenvalue weighted by atomic mass is 9.70. The first-order chi connectivity index (χ1) is 7.11. The van der Waals surface area contributed by atoms with Gasteiger partial charge in [-0.15, -0.1) is 0 Å². The molecule has 1 aromatic rings. The summed E-state index contributed by atoms with van der Waals surface area (Å²) >= 11 is 0. The zero-order chi connectivity index (χ0) is 11.0. The molecule has 1 aliphatic rings. The van der Waals surface area contributed by atoms with Crippen LogP contribution in [0.3, 0.4) is 0 Å². The second-order valence-electron chi connectivity index (χ2n) is 4.77. The largest absolute Gasteiger partial charge is 0.300 e. The first kappa shape index (κ1) is 10.4. The van der Waals surface area contributed by atoms with Crippen LogP contribution in [0.4, 0.5) is 0 Å². The van der Waals surface area contributed by atoms with E-state index >= 15 is 0 Å². The molecule has 0 N–H and O–H groups in total. The van der Waals surface area contributed by atoms with Crippen molar-refractivity contribution in [2.45, 2.75) is 39.0 Å². The Labute approximate surface area is 91.5 Å². The second kappa shape index (κ2) is 3.80. The Morgan fingerprint density at radius 1 is 1.20 bits per heavy atom. The summed E-state index contributed by atoms with van der Waals surface area (Å²) in [4.78, 5) is 11.6. The lowest BCUT2D eigenvalue weighted by Crippen LogP contribution is -2.26. The highest BCUT2D eigenvalue weighted by atomic mass is 16.1. The van der Waals surface area contributed by atoms with E-state index in [0.29, 0.717) is 17.6 Å². The summed E-state index contributed by atoms with van der Waals surface area (Å²) in [5.74, 6) is 1.46. The zero-order valence-corrected chi connectivity index (χ0v) is 9.66. The molecule has 0 amide bonds. The molecule has 3 unspecified atom stereocenters. The van der Waals surface area contributed by atoms with E-state index in [-0.39, 0.29) is 5.92 Å². The molecule has 0 heterocycles. The third kappa shape index (κ3) is 1.71. The van der Waals surface area contributed by atoms with E-state index in [1.807, 2.05) is 0 Å². The molecule has 80 valence electrons. The minimum Gasteiger partial charge on any atom is -0.300 e. The minimum atomic E-state index is 0.218. The Kier molecular flexibility index (Phi) is 2.64. The van der Waals surface area contributed by atoms with Crippen molar-refractivity contribution in [1.82, 2.24) is 0 Å². The third-order valence-corrected chi connectivity index (χ3v) is 3.75. The molecule has 1 heteroatoms. The van der Waals surface area contributed by atoms with Crippen LogP contribution in [0.25, 0.3) is 0 Å². The van der Waals surface area contributed by atoms with Gasteiger partial charge >= 0.3 is 0 Å². The molecule has 0 saturated carbocycles. The van der Waals surface area contributed by atoms with Gasteiger partial charge in [0, 0.05) is 5.92 Å². The number of carbonyl (C=O) groups is 1. The van der Waals surface area contributed by atoms with Crippen LogP contribution in [0.15, 0.2) is 24.3 Å². The minimum absolute atomic E-state index is 0.218. The van der Waals surface area contributed by atoms with Crippen molar-refractivity contribution in [3.8, 4) is 0 Å². The Morgan fingerprint density at radius 3 is 2.40 bits per heavy atom. The van der Waals surface area contributed by atoms with Crippen LogP contribution in [-0.2, 0) is 4.79 Å². The lowest BCUT2D eigenvalue weighted by Gasteiger charge is -2.33. The molecule has 0 bridgehead atoms. The van der Waals surface area contributed by atoms with E-state index in [4.69, 9.17) is 0 Å². The molecule has 0 fully saturated rings. The summed E-state index contributed by atoms with van der Waals surface area (Å²) in [7, 11) is 0. The number of benzene rings is 1. The lowest BCUT2D eigenvalue weighted by molar-refractivity contribution is -0.121. The molecule has 2 rings (SSSR count). The van der Waals surface area contributed by atoms with Gasteiger partial charge in [0.15, 0.2) is 0 Å². The van der Waals surface area contributed by atoms with Crippen LogP contribution in [0, 0.1) is 5.92 Å². The average Bonchev–Trinajstić information content (AvgIpc) is 2.23. The van der Waals surface area contributed by atoms with Crippen molar-refractivity contribution >= 4 is 5.78 Å². The van der Waals surface area contributed by atoms with E-state index in [0.717, 1.165) is 6.42 Å². The monoisotopic (exact) mass is 202 g/mol. The number of fused-ring (bicyclic) bond motifs is 1. The van der Waals surface area contributed by atoms with Gasteiger partial charge in [-0.05, 0) is 36.3 Å². The van der Waals surface area contributed by atoms with Gasteiger partial charge in [-0.25, -0.2) is 0 Å². The van der Waals surface area contributed by atoms with Crippen molar-refractivity contribution in [1.29, 1.82) is 0 Å². The maximum absolute atomic E-state index is 11.6. The van der Waals surface area contributed by atoms with Gasteiger partial charge in [0.1, 0.15) is 5.78 Å². The van der Waals surface area contributed by atoms with Gasteiger partial charge in [0.2, 0.25) is 0 Å². The fraction of sp³-hybridized carbons (Fsp3) is 0.500. The summed E-state index contributed by atoms with van der Waals surface area (Å²) in [6.07, 6.45) is 1.01. The first-order valence-corrected chi connectivity index (χ1v) is 5.70. The Hall–Kier alpha value is -1.11. The first-order valence-electron chi connectivity index (χ1n) is 5.70. The number of rotatable bonds is 1. The number of hydrogen-bond acceptors (Lipinski definition) is 1. The molecule has 15 heavy (non-hydrogen) atoms. The quantitative estimate of drug-likeness (QED) is 0.681. The highest BCUT2D eigenvalue weighted by molar-refractivity contribution is 5.80. The van der Waals surface area contributed by atoms with E-state index in [2.05, 4.69) is 38.1 Å². The molecular weight excluding hydrogens is 184 g/mol. The van der Waals surface area contributed by atoms with Gasteiger partial charge in [-0.3, -0.25) is 4.79 Å². The highest BCUT2D eigenvalue weighted by Gasteiger charge is 2.32. The fourth-order valence-electron chi connectivity index (χ4n) is 2.82. The summed E-state index contributed by atoms with van der Waals surface area (Å²) in [5.41, 5.74) is 2.80. The highest BCUT2D eigenvalue weighted by Crippen LogP contribution is 2.42. The maximum atomic E-state index is 11.6. The van der Waals surface area contributed by atoms with Crippen LogP contribution in [0.2, 0.25) is 0 Å². The molecule has 0 saturated heterocycles. The molecule has 0 radical (unpaired) electrons. The summed E-state index contributed by atoms with van der Waals surface area (Å²) in [6.45, 7) is 6.12. The predicted octanol–water partition coefficient (Wildman–Crippen LogP) is 3.50. The van der Waals surface area contributed by atoms with Gasteiger partial charge in [-0.2, -0.15) is 0 Å². The smallest absolute Gasteiger partial charge is 0.133 e. The fourth-order valence-corrected chi connectivity index (χ4v) is 2.82. The Balaban J connectivity index is 2.44. The topological polar surface area (TPSA) is 17.1 Å². The van der Waals surface area contributed by atoms with Crippen molar-refractivity contribution in [2.75, 3.05) is 0 Å². The van der Waals surface area contributed by atoms with Crippen molar-refractivity contribution in [3.63, 3.8) is 0 Å². The van der Waals surface area contributed by atoms with Crippen molar-refractivity contribution in [3.05, 3.63) is 35.4 Å². The van der Waals surface area contributed by atoms with Crippen LogP contribution in [-0.4, -0.2) is 5.78 Å². The molecule has 1 aliphatic carbocycles. The molecule has 1 nitrogen and oxygen atoms in total. The van der Waals surface area contributed by atoms with E-state index in [1.54, 1.807) is 6.92 Å². The Morgan fingerprint density at radius 2 is 1.80 bits per heavy atom. The summed E-state index contributed by atoms with van der Waals surface area (Å²) in [5, 5.41) is 0. The van der Waals surface area contributed by atoms with Crippen LogP contribution in [0.1, 0.15) is 50.2 Å². The number of carbonyl (C=O) groups excluding carboxylic acids is 1. The summed E-state index contributed by atoms with van der Waals surface area (Å²) < 4.78 is 0. The standard InChI is InChI=1S/C14H18O/c1-9-8-14(11(3)15)10(2)13-7-5-4-6-12(9)13/h4-7,9-10,14H,8H2,1-3H3. The SMILES string of the molecule is CC(=O)C1CC(C)c2ccccc2C1C. The average molecular weight is 202 g/mol. The molecule has 0 aliphatic heterocycles. The predicted molar refractivity (Wildman–Crippen MR) is 62.1 cm³/mol. The third-order valence-electron chi connectivity index (χ3n) is 3.75. The van der Waals surface area contributed by atoms with E-state index < -0.39 is 0 Å². The van der Waals surface area contributed by atoms with Gasteiger partial charge in [0.05, 0.1) is 0 Å². The van der Waals surface area contributed by atoms with Crippen LogP contribution >= 0.6 is 0 Å². The molecule has 0 spiro atoms. The normalized spacial score (nSPS) is 29.7. The van der Waals surface area contributed by atoms with E-state index in [9.17, 15) is 4.79 Å². The molecule has 0 aromatic heterocycles. The zero-order valence-electron chi connectivity index (χ0n) is 9.66. The second-order valence-corrected chi connectivity index (χ2v) is 4.77.